The van der Waals surface area contributed by atoms with Crippen LogP contribution in [0.1, 0.15) is 13.0 Å². The minimum atomic E-state index is -1.62. The zero-order chi connectivity index (χ0) is 14.0. The van der Waals surface area contributed by atoms with E-state index in [0.29, 0.717) is 0 Å². The molecule has 1 amide bonds. The molecule has 0 saturated carbocycles. The van der Waals surface area contributed by atoms with Crippen LogP contribution in [0, 0.1) is 17.5 Å². The highest BCUT2D eigenvalue weighted by Gasteiger charge is 2.19. The van der Waals surface area contributed by atoms with Crippen molar-refractivity contribution in [3.8, 4) is 0 Å². The molecule has 1 aromatic carbocycles. The number of benzene rings is 1. The number of aromatic nitrogens is 2. The molecule has 0 bridgehead atoms. The Bertz CT molecular complexity index is 599. The number of nitrogens with one attached hydrogen (secondary N) is 1. The van der Waals surface area contributed by atoms with Crippen LogP contribution in [-0.4, -0.2) is 15.7 Å². The number of hydrogen-bond acceptors (Lipinski definition) is 2. The smallest absolute Gasteiger partial charge is 0.249 e. The minimum Gasteiger partial charge on any atom is -0.322 e. The Balaban J connectivity index is 2.18. The SMILES string of the molecule is CC(C(=O)Nc1ccc(F)c(F)c1F)n1cccn1. The average molecular weight is 269 g/mol. The summed E-state index contributed by atoms with van der Waals surface area (Å²) in [5, 5.41) is 6.05. The first-order chi connectivity index (χ1) is 9.00. The zero-order valence-electron chi connectivity index (χ0n) is 9.90. The largest absolute Gasteiger partial charge is 0.322 e. The van der Waals surface area contributed by atoms with Crippen molar-refractivity contribution in [1.29, 1.82) is 0 Å². The molecule has 100 valence electrons. The van der Waals surface area contributed by atoms with Crippen LogP contribution in [0.3, 0.4) is 0 Å². The van der Waals surface area contributed by atoms with Gasteiger partial charge in [-0.25, -0.2) is 13.2 Å². The molecule has 0 saturated heterocycles. The molecule has 0 spiro atoms. The van der Waals surface area contributed by atoms with Crippen LogP contribution in [-0.2, 0) is 4.79 Å². The maximum absolute atomic E-state index is 13.4. The summed E-state index contributed by atoms with van der Waals surface area (Å²) in [5.74, 6) is -4.95. The molecule has 2 aromatic rings. The van der Waals surface area contributed by atoms with Gasteiger partial charge in [-0.3, -0.25) is 9.48 Å². The fourth-order valence-electron chi connectivity index (χ4n) is 1.49. The first-order valence-electron chi connectivity index (χ1n) is 5.44. The topological polar surface area (TPSA) is 46.9 Å². The van der Waals surface area contributed by atoms with Crippen LogP contribution in [0.2, 0.25) is 0 Å². The number of anilines is 1. The van der Waals surface area contributed by atoms with E-state index in [0.717, 1.165) is 12.1 Å². The fraction of sp³-hybridized carbons (Fsp3) is 0.167. The lowest BCUT2D eigenvalue weighted by Crippen LogP contribution is -2.24. The summed E-state index contributed by atoms with van der Waals surface area (Å²) in [6, 6.07) is 2.62. The molecular weight excluding hydrogens is 259 g/mol. The van der Waals surface area contributed by atoms with E-state index in [9.17, 15) is 18.0 Å². The number of halogens is 3. The molecule has 1 N–H and O–H groups in total. The van der Waals surface area contributed by atoms with Crippen LogP contribution in [0.5, 0.6) is 0 Å². The van der Waals surface area contributed by atoms with E-state index in [2.05, 4.69) is 10.4 Å². The molecule has 1 atom stereocenters. The van der Waals surface area contributed by atoms with Gasteiger partial charge in [0.2, 0.25) is 5.91 Å². The van der Waals surface area contributed by atoms with Crippen LogP contribution in [0.4, 0.5) is 18.9 Å². The van der Waals surface area contributed by atoms with Crippen molar-refractivity contribution in [2.24, 2.45) is 0 Å². The Hall–Kier alpha value is -2.31. The normalized spacial score (nSPS) is 12.2. The first kappa shape index (κ1) is 13.1. The van der Waals surface area contributed by atoms with Gasteiger partial charge < -0.3 is 5.32 Å². The molecule has 0 aliphatic carbocycles. The molecule has 7 heteroatoms. The Morgan fingerprint density at radius 1 is 1.32 bits per heavy atom. The molecule has 19 heavy (non-hydrogen) atoms. The lowest BCUT2D eigenvalue weighted by Gasteiger charge is -2.13. The van der Waals surface area contributed by atoms with Gasteiger partial charge in [0.25, 0.3) is 0 Å². The Morgan fingerprint density at radius 2 is 2.05 bits per heavy atom. The third kappa shape index (κ3) is 2.59. The van der Waals surface area contributed by atoms with Crippen LogP contribution >= 0.6 is 0 Å². The Kier molecular flexibility index (Phi) is 3.55. The predicted octanol–water partition coefficient (Wildman–Crippen LogP) is 2.50. The van der Waals surface area contributed by atoms with Gasteiger partial charge in [0.1, 0.15) is 6.04 Å². The summed E-state index contributed by atoms with van der Waals surface area (Å²) in [7, 11) is 0. The number of rotatable bonds is 3. The Morgan fingerprint density at radius 3 is 2.68 bits per heavy atom. The molecular formula is C12H10F3N3O. The van der Waals surface area contributed by atoms with Crippen molar-refractivity contribution >= 4 is 11.6 Å². The van der Waals surface area contributed by atoms with E-state index in [-0.39, 0.29) is 0 Å². The van der Waals surface area contributed by atoms with Gasteiger partial charge in [0.05, 0.1) is 5.69 Å². The second-order valence-corrected chi connectivity index (χ2v) is 3.87. The van der Waals surface area contributed by atoms with Crippen molar-refractivity contribution in [2.75, 3.05) is 5.32 Å². The molecule has 1 heterocycles. The summed E-state index contributed by atoms with van der Waals surface area (Å²) in [6.07, 6.45) is 3.05. The minimum absolute atomic E-state index is 0.414. The van der Waals surface area contributed by atoms with E-state index >= 15 is 0 Å². The van der Waals surface area contributed by atoms with Crippen LogP contribution in [0.15, 0.2) is 30.6 Å². The third-order valence-electron chi connectivity index (χ3n) is 2.59. The highest BCUT2D eigenvalue weighted by Crippen LogP contribution is 2.20. The monoisotopic (exact) mass is 269 g/mol. The number of carbonyl (C=O) groups is 1. The zero-order valence-corrected chi connectivity index (χ0v) is 9.90. The highest BCUT2D eigenvalue weighted by atomic mass is 19.2. The Labute approximate surface area is 106 Å². The summed E-state index contributed by atoms with van der Waals surface area (Å²) in [5.41, 5.74) is -0.414. The summed E-state index contributed by atoms with van der Waals surface area (Å²) in [6.45, 7) is 1.54. The first-order valence-corrected chi connectivity index (χ1v) is 5.44. The average Bonchev–Trinajstić information content (AvgIpc) is 2.92. The number of carbonyl (C=O) groups excluding carboxylic acids is 1. The quantitative estimate of drug-likeness (QED) is 0.870. The van der Waals surface area contributed by atoms with Crippen molar-refractivity contribution < 1.29 is 18.0 Å². The van der Waals surface area contributed by atoms with E-state index in [1.54, 1.807) is 19.2 Å². The van der Waals surface area contributed by atoms with Gasteiger partial charge in [-0.1, -0.05) is 0 Å². The van der Waals surface area contributed by atoms with E-state index in [1.165, 1.54) is 10.9 Å². The molecule has 1 unspecified atom stereocenters. The lowest BCUT2D eigenvalue weighted by molar-refractivity contribution is -0.119. The van der Waals surface area contributed by atoms with Crippen molar-refractivity contribution in [3.05, 3.63) is 48.0 Å². The van der Waals surface area contributed by atoms with Crippen LogP contribution < -0.4 is 5.32 Å². The molecule has 0 fully saturated rings. The van der Waals surface area contributed by atoms with Gasteiger partial charge in [-0.2, -0.15) is 5.10 Å². The number of amides is 1. The fourth-order valence-corrected chi connectivity index (χ4v) is 1.49. The summed E-state index contributed by atoms with van der Waals surface area (Å²) < 4.78 is 40.5. The summed E-state index contributed by atoms with van der Waals surface area (Å²) in [4.78, 5) is 11.8. The van der Waals surface area contributed by atoms with Crippen LogP contribution in [0.25, 0.3) is 0 Å². The highest BCUT2D eigenvalue weighted by molar-refractivity contribution is 5.93. The molecule has 2 rings (SSSR count). The van der Waals surface area contributed by atoms with E-state index in [1.807, 2.05) is 0 Å². The van der Waals surface area contributed by atoms with E-state index in [4.69, 9.17) is 0 Å². The molecule has 0 aliphatic rings. The van der Waals surface area contributed by atoms with Gasteiger partial charge in [0, 0.05) is 12.4 Å². The van der Waals surface area contributed by atoms with Crippen molar-refractivity contribution in [1.82, 2.24) is 9.78 Å². The maximum atomic E-state index is 13.4. The lowest BCUT2D eigenvalue weighted by atomic mass is 10.2. The third-order valence-corrected chi connectivity index (χ3v) is 2.59. The molecule has 0 aliphatic heterocycles. The predicted molar refractivity (Wildman–Crippen MR) is 61.9 cm³/mol. The second kappa shape index (κ2) is 5.13. The second-order valence-electron chi connectivity index (χ2n) is 3.87. The van der Waals surface area contributed by atoms with Gasteiger partial charge in [-0.05, 0) is 25.1 Å². The summed E-state index contributed by atoms with van der Waals surface area (Å²) >= 11 is 0. The van der Waals surface area contributed by atoms with Crippen molar-refractivity contribution in [2.45, 2.75) is 13.0 Å². The van der Waals surface area contributed by atoms with Gasteiger partial charge >= 0.3 is 0 Å². The molecule has 4 nitrogen and oxygen atoms in total. The maximum Gasteiger partial charge on any atom is 0.249 e. The van der Waals surface area contributed by atoms with Gasteiger partial charge in [-0.15, -0.1) is 0 Å². The number of hydrogen-bond donors (Lipinski definition) is 1. The number of nitrogens with zero attached hydrogens (tertiary/aromatic N) is 2. The van der Waals surface area contributed by atoms with Gasteiger partial charge in [0.15, 0.2) is 17.5 Å². The van der Waals surface area contributed by atoms with E-state index < -0.39 is 35.1 Å². The molecule has 0 radical (unpaired) electrons. The standard InChI is InChI=1S/C12H10F3N3O/c1-7(18-6-2-5-16-18)12(19)17-9-4-3-8(13)10(14)11(9)15/h2-7H,1H3,(H,17,19). The molecule has 1 aromatic heterocycles. The van der Waals surface area contributed by atoms with Crippen molar-refractivity contribution in [3.63, 3.8) is 0 Å².